The van der Waals surface area contributed by atoms with Gasteiger partial charge >= 0.3 is 0 Å². The van der Waals surface area contributed by atoms with E-state index in [1.165, 1.54) is 6.07 Å². The molecule has 0 bridgehead atoms. The Morgan fingerprint density at radius 3 is 2.96 bits per heavy atom. The summed E-state index contributed by atoms with van der Waals surface area (Å²) in [6.45, 7) is 5.96. The molecule has 2 aliphatic heterocycles. The van der Waals surface area contributed by atoms with E-state index in [9.17, 15) is 4.39 Å². The van der Waals surface area contributed by atoms with Gasteiger partial charge in [0.2, 0.25) is 5.88 Å². The second-order valence-corrected chi connectivity index (χ2v) is 7.53. The molecule has 2 aliphatic rings. The van der Waals surface area contributed by atoms with Crippen molar-refractivity contribution in [3.8, 4) is 5.88 Å². The molecule has 4 rings (SSSR count). The van der Waals surface area contributed by atoms with Gasteiger partial charge in [-0.3, -0.25) is 4.90 Å². The van der Waals surface area contributed by atoms with Crippen molar-refractivity contribution in [1.82, 2.24) is 15.0 Å². The lowest BCUT2D eigenvalue weighted by atomic mass is 9.78. The zero-order valence-corrected chi connectivity index (χ0v) is 15.7. The molecule has 0 amide bonds. The van der Waals surface area contributed by atoms with Crippen LogP contribution in [0.2, 0.25) is 0 Å². The third kappa shape index (κ3) is 4.14. The number of ether oxygens (including phenoxy) is 2. The van der Waals surface area contributed by atoms with E-state index in [-0.39, 0.29) is 11.5 Å². The molecule has 146 valence electrons. The molecular formula is C20H26FN3O3. The molecule has 4 heterocycles. The van der Waals surface area contributed by atoms with Gasteiger partial charge in [0, 0.05) is 38.5 Å². The summed E-state index contributed by atoms with van der Waals surface area (Å²) in [7, 11) is 0. The number of hydrogen-bond donors (Lipinski definition) is 0. The lowest BCUT2D eigenvalue weighted by Gasteiger charge is -2.42. The van der Waals surface area contributed by atoms with Crippen molar-refractivity contribution in [3.63, 3.8) is 0 Å². The molecule has 0 aliphatic carbocycles. The van der Waals surface area contributed by atoms with E-state index in [1.807, 2.05) is 13.0 Å². The Morgan fingerprint density at radius 2 is 2.22 bits per heavy atom. The fourth-order valence-electron chi connectivity index (χ4n) is 4.33. The maximum absolute atomic E-state index is 13.6. The van der Waals surface area contributed by atoms with Gasteiger partial charge in [-0.05, 0) is 50.7 Å². The topological polar surface area (TPSA) is 60.6 Å². The Kier molecular flexibility index (Phi) is 5.41. The van der Waals surface area contributed by atoms with Crippen molar-refractivity contribution in [2.75, 3.05) is 26.3 Å². The van der Waals surface area contributed by atoms with Crippen molar-refractivity contribution in [2.24, 2.45) is 5.92 Å². The number of pyridine rings is 1. The first-order valence-electron chi connectivity index (χ1n) is 9.66. The summed E-state index contributed by atoms with van der Waals surface area (Å²) in [6, 6.07) is 4.93. The van der Waals surface area contributed by atoms with Gasteiger partial charge < -0.3 is 14.0 Å². The second-order valence-electron chi connectivity index (χ2n) is 7.53. The van der Waals surface area contributed by atoms with Gasteiger partial charge in [-0.2, -0.15) is 0 Å². The number of halogens is 1. The zero-order valence-electron chi connectivity index (χ0n) is 15.7. The minimum atomic E-state index is -0.411. The fourth-order valence-corrected chi connectivity index (χ4v) is 4.33. The lowest BCUT2D eigenvalue weighted by molar-refractivity contribution is -0.0711. The summed E-state index contributed by atoms with van der Waals surface area (Å²) in [4.78, 5) is 6.35. The van der Waals surface area contributed by atoms with E-state index in [0.29, 0.717) is 12.5 Å². The molecule has 0 aromatic carbocycles. The van der Waals surface area contributed by atoms with Gasteiger partial charge in [-0.15, -0.1) is 0 Å². The maximum Gasteiger partial charge on any atom is 0.250 e. The van der Waals surface area contributed by atoms with Crippen molar-refractivity contribution in [2.45, 2.75) is 44.8 Å². The van der Waals surface area contributed by atoms with Crippen LogP contribution in [0, 0.1) is 18.7 Å². The summed E-state index contributed by atoms with van der Waals surface area (Å²) < 4.78 is 30.6. The van der Waals surface area contributed by atoms with Crippen molar-refractivity contribution in [1.29, 1.82) is 0 Å². The molecule has 2 saturated heterocycles. The minimum absolute atomic E-state index is 0.0672. The predicted molar refractivity (Wildman–Crippen MR) is 96.8 cm³/mol. The number of rotatable bonds is 6. The number of likely N-dealkylation sites (tertiary alicyclic amines) is 1. The minimum Gasteiger partial charge on any atom is -0.476 e. The standard InChI is InChI=1S/C20H26FN3O3/c1-15-13-17(23-27-15)14-24-9-6-20(7-10-24)16(5-12-26-20)4-11-25-19-18(21)3-2-8-22-19/h2-3,8,13,16H,4-7,9-12,14H2,1H3/t16-/m0/s1. The zero-order chi connectivity index (χ0) is 18.7. The largest absolute Gasteiger partial charge is 0.476 e. The van der Waals surface area contributed by atoms with Crippen LogP contribution in [0.25, 0.3) is 0 Å². The second kappa shape index (κ2) is 7.94. The molecule has 1 spiro atoms. The Hall–Kier alpha value is -1.99. The first kappa shape index (κ1) is 18.4. The molecule has 2 aromatic heterocycles. The quantitative estimate of drug-likeness (QED) is 0.772. The smallest absolute Gasteiger partial charge is 0.250 e. The van der Waals surface area contributed by atoms with Crippen LogP contribution in [0.15, 0.2) is 28.9 Å². The van der Waals surface area contributed by atoms with Crippen molar-refractivity contribution in [3.05, 3.63) is 41.7 Å². The first-order valence-corrected chi connectivity index (χ1v) is 9.66. The highest BCUT2D eigenvalue weighted by atomic mass is 19.1. The highest BCUT2D eigenvalue weighted by Crippen LogP contribution is 2.42. The fraction of sp³-hybridized carbons (Fsp3) is 0.600. The monoisotopic (exact) mass is 375 g/mol. The van der Waals surface area contributed by atoms with Crippen LogP contribution < -0.4 is 4.74 Å². The third-order valence-electron chi connectivity index (χ3n) is 5.79. The molecule has 0 saturated carbocycles. The molecule has 2 fully saturated rings. The molecular weight excluding hydrogens is 349 g/mol. The maximum atomic E-state index is 13.6. The highest BCUT2D eigenvalue weighted by Gasteiger charge is 2.45. The summed E-state index contributed by atoms with van der Waals surface area (Å²) in [5.41, 5.74) is 0.917. The average Bonchev–Trinajstić information content (AvgIpc) is 3.25. The summed E-state index contributed by atoms with van der Waals surface area (Å²) in [5, 5.41) is 4.09. The number of aromatic nitrogens is 2. The third-order valence-corrected chi connectivity index (χ3v) is 5.79. The summed E-state index contributed by atoms with van der Waals surface area (Å²) >= 11 is 0. The van der Waals surface area contributed by atoms with E-state index in [1.54, 1.807) is 12.3 Å². The van der Waals surface area contributed by atoms with Crippen LogP contribution >= 0.6 is 0 Å². The Balaban J connectivity index is 1.28. The van der Waals surface area contributed by atoms with E-state index < -0.39 is 5.82 Å². The molecule has 0 N–H and O–H groups in total. The van der Waals surface area contributed by atoms with E-state index >= 15 is 0 Å². The van der Waals surface area contributed by atoms with E-state index in [4.69, 9.17) is 14.0 Å². The van der Waals surface area contributed by atoms with Crippen LogP contribution in [-0.2, 0) is 11.3 Å². The predicted octanol–water partition coefficient (Wildman–Crippen LogP) is 3.36. The van der Waals surface area contributed by atoms with Gasteiger partial charge in [-0.25, -0.2) is 9.37 Å². The van der Waals surface area contributed by atoms with Crippen LogP contribution in [-0.4, -0.2) is 46.9 Å². The van der Waals surface area contributed by atoms with Crippen LogP contribution in [0.5, 0.6) is 5.88 Å². The lowest BCUT2D eigenvalue weighted by Crippen LogP contribution is -2.47. The van der Waals surface area contributed by atoms with Crippen LogP contribution in [0.4, 0.5) is 4.39 Å². The first-order chi connectivity index (χ1) is 13.1. The summed E-state index contributed by atoms with van der Waals surface area (Å²) in [5.74, 6) is 0.970. The molecule has 0 unspecified atom stereocenters. The Morgan fingerprint density at radius 1 is 1.37 bits per heavy atom. The van der Waals surface area contributed by atoms with Crippen LogP contribution in [0.3, 0.4) is 0 Å². The van der Waals surface area contributed by atoms with Crippen LogP contribution in [0.1, 0.15) is 37.1 Å². The number of nitrogens with zero attached hydrogens (tertiary/aromatic N) is 3. The van der Waals surface area contributed by atoms with Gasteiger partial charge in [-0.1, -0.05) is 5.16 Å². The van der Waals surface area contributed by atoms with E-state index in [2.05, 4.69) is 15.0 Å². The van der Waals surface area contributed by atoms with Crippen molar-refractivity contribution < 1.29 is 18.4 Å². The normalized spacial score (nSPS) is 22.4. The highest BCUT2D eigenvalue weighted by molar-refractivity contribution is 5.12. The summed E-state index contributed by atoms with van der Waals surface area (Å²) in [6.07, 6.45) is 5.46. The van der Waals surface area contributed by atoms with Crippen molar-refractivity contribution >= 4 is 0 Å². The Labute approximate surface area is 158 Å². The van der Waals surface area contributed by atoms with Gasteiger partial charge in [0.25, 0.3) is 0 Å². The molecule has 2 aromatic rings. The average molecular weight is 375 g/mol. The molecule has 7 heteroatoms. The Bertz CT molecular complexity index is 758. The molecule has 6 nitrogen and oxygen atoms in total. The molecule has 0 radical (unpaired) electrons. The molecule has 1 atom stereocenters. The SMILES string of the molecule is Cc1cc(CN2CCC3(CC2)OCC[C@@H]3CCOc2ncccc2F)no1. The van der Waals surface area contributed by atoms with Gasteiger partial charge in [0.05, 0.1) is 17.9 Å². The van der Waals surface area contributed by atoms with Gasteiger partial charge in [0.1, 0.15) is 5.76 Å². The van der Waals surface area contributed by atoms with Gasteiger partial charge in [0.15, 0.2) is 5.82 Å². The number of hydrogen-bond acceptors (Lipinski definition) is 6. The number of aryl methyl sites for hydroxylation is 1. The van der Waals surface area contributed by atoms with E-state index in [0.717, 1.165) is 63.4 Å². The number of piperidine rings is 1. The molecule has 27 heavy (non-hydrogen) atoms.